The van der Waals surface area contributed by atoms with Crippen LogP contribution in [0.15, 0.2) is 60.9 Å². The zero-order valence-corrected chi connectivity index (χ0v) is 13.2. The summed E-state index contributed by atoms with van der Waals surface area (Å²) in [7, 11) is 1.62. The number of halogens is 1. The lowest BCUT2D eigenvalue weighted by atomic mass is 10.2. The predicted molar refractivity (Wildman–Crippen MR) is 92.0 cm³/mol. The summed E-state index contributed by atoms with van der Waals surface area (Å²) in [6.45, 7) is 0.547. The van der Waals surface area contributed by atoms with Crippen molar-refractivity contribution in [2.24, 2.45) is 0 Å². The van der Waals surface area contributed by atoms with Crippen LogP contribution in [-0.4, -0.2) is 17.1 Å². The zero-order chi connectivity index (χ0) is 16.8. The summed E-state index contributed by atoms with van der Waals surface area (Å²) in [5.74, 6) is 1.81. The van der Waals surface area contributed by atoms with E-state index in [-0.39, 0.29) is 5.82 Å². The average molecular weight is 324 g/mol. The highest BCUT2D eigenvalue weighted by atomic mass is 19.1. The van der Waals surface area contributed by atoms with Crippen molar-refractivity contribution < 1.29 is 9.13 Å². The van der Waals surface area contributed by atoms with Gasteiger partial charge in [-0.25, -0.2) is 14.4 Å². The Morgan fingerprint density at radius 1 is 1.00 bits per heavy atom. The summed E-state index contributed by atoms with van der Waals surface area (Å²) in [5, 5.41) is 6.39. The SMILES string of the molecule is COc1ccccc1Nc1cc(NCc2ccc(F)cc2)ncn1. The van der Waals surface area contributed by atoms with Crippen molar-refractivity contribution in [3.63, 3.8) is 0 Å². The minimum Gasteiger partial charge on any atom is -0.495 e. The fraction of sp³-hybridized carbons (Fsp3) is 0.111. The van der Waals surface area contributed by atoms with Gasteiger partial charge in [0.05, 0.1) is 12.8 Å². The number of anilines is 3. The third-order valence-corrected chi connectivity index (χ3v) is 3.42. The highest BCUT2D eigenvalue weighted by Crippen LogP contribution is 2.26. The summed E-state index contributed by atoms with van der Waals surface area (Å²) < 4.78 is 18.2. The number of aromatic nitrogens is 2. The van der Waals surface area contributed by atoms with Crippen LogP contribution in [0.3, 0.4) is 0 Å². The Morgan fingerprint density at radius 3 is 2.54 bits per heavy atom. The molecule has 122 valence electrons. The van der Waals surface area contributed by atoms with Gasteiger partial charge in [0.15, 0.2) is 0 Å². The lowest BCUT2D eigenvalue weighted by molar-refractivity contribution is 0.417. The normalized spacial score (nSPS) is 10.2. The minimum absolute atomic E-state index is 0.246. The first-order valence-corrected chi connectivity index (χ1v) is 7.45. The van der Waals surface area contributed by atoms with E-state index in [4.69, 9.17) is 4.74 Å². The standard InChI is InChI=1S/C18H17FN4O/c1-24-16-5-3-2-4-15(16)23-18-10-17(21-12-22-18)20-11-13-6-8-14(19)9-7-13/h2-10,12H,11H2,1H3,(H2,20,21,22,23). The summed E-state index contributed by atoms with van der Waals surface area (Å²) in [6.07, 6.45) is 1.48. The molecule has 0 aliphatic rings. The van der Waals surface area contributed by atoms with Gasteiger partial charge in [-0.15, -0.1) is 0 Å². The fourth-order valence-corrected chi connectivity index (χ4v) is 2.20. The van der Waals surface area contributed by atoms with Crippen LogP contribution in [0.2, 0.25) is 0 Å². The molecule has 0 unspecified atom stereocenters. The Morgan fingerprint density at radius 2 is 1.75 bits per heavy atom. The molecule has 1 heterocycles. The van der Waals surface area contributed by atoms with Gasteiger partial charge < -0.3 is 15.4 Å². The molecule has 0 fully saturated rings. The third-order valence-electron chi connectivity index (χ3n) is 3.42. The molecule has 3 rings (SSSR count). The first-order valence-electron chi connectivity index (χ1n) is 7.45. The van der Waals surface area contributed by atoms with Gasteiger partial charge in [-0.1, -0.05) is 24.3 Å². The summed E-state index contributed by atoms with van der Waals surface area (Å²) in [4.78, 5) is 8.40. The van der Waals surface area contributed by atoms with E-state index in [1.165, 1.54) is 18.5 Å². The molecule has 0 saturated heterocycles. The van der Waals surface area contributed by atoms with Crippen LogP contribution in [0.5, 0.6) is 5.75 Å². The Hall–Kier alpha value is -3.15. The molecule has 0 radical (unpaired) electrons. The average Bonchev–Trinajstić information content (AvgIpc) is 2.62. The summed E-state index contributed by atoms with van der Waals surface area (Å²) in [6, 6.07) is 15.7. The number of para-hydroxylation sites is 2. The highest BCUT2D eigenvalue weighted by Gasteiger charge is 2.04. The van der Waals surface area contributed by atoms with E-state index in [1.54, 1.807) is 25.3 Å². The first kappa shape index (κ1) is 15.7. The number of hydrogen-bond donors (Lipinski definition) is 2. The number of nitrogens with one attached hydrogen (secondary N) is 2. The van der Waals surface area contributed by atoms with Crippen LogP contribution in [0.4, 0.5) is 21.7 Å². The van der Waals surface area contributed by atoms with Crippen LogP contribution in [-0.2, 0) is 6.54 Å². The Balaban J connectivity index is 1.68. The van der Waals surface area contributed by atoms with Crippen molar-refractivity contribution in [1.29, 1.82) is 0 Å². The van der Waals surface area contributed by atoms with E-state index in [9.17, 15) is 4.39 Å². The quantitative estimate of drug-likeness (QED) is 0.718. The van der Waals surface area contributed by atoms with Crippen LogP contribution in [0, 0.1) is 5.82 Å². The molecule has 0 bridgehead atoms. The van der Waals surface area contributed by atoms with Crippen LogP contribution < -0.4 is 15.4 Å². The van der Waals surface area contributed by atoms with Crippen LogP contribution in [0.25, 0.3) is 0 Å². The molecular weight excluding hydrogens is 307 g/mol. The fourth-order valence-electron chi connectivity index (χ4n) is 2.20. The van der Waals surface area contributed by atoms with Crippen molar-refractivity contribution in [3.05, 3.63) is 72.3 Å². The molecule has 0 amide bonds. The molecule has 5 nitrogen and oxygen atoms in total. The topological polar surface area (TPSA) is 59.1 Å². The molecule has 2 aromatic carbocycles. The van der Waals surface area contributed by atoms with Gasteiger partial charge in [0, 0.05) is 12.6 Å². The molecule has 0 saturated carbocycles. The van der Waals surface area contributed by atoms with Crippen LogP contribution in [0.1, 0.15) is 5.56 Å². The van der Waals surface area contributed by atoms with E-state index in [2.05, 4.69) is 20.6 Å². The lowest BCUT2D eigenvalue weighted by Crippen LogP contribution is -2.03. The number of hydrogen-bond acceptors (Lipinski definition) is 5. The van der Waals surface area contributed by atoms with Crippen molar-refractivity contribution >= 4 is 17.3 Å². The minimum atomic E-state index is -0.246. The maximum atomic E-state index is 12.9. The second-order valence-corrected chi connectivity index (χ2v) is 5.09. The predicted octanol–water partition coefficient (Wildman–Crippen LogP) is 3.98. The van der Waals surface area contributed by atoms with Crippen molar-refractivity contribution in [2.75, 3.05) is 17.7 Å². The summed E-state index contributed by atoms with van der Waals surface area (Å²) >= 11 is 0. The van der Waals surface area contributed by atoms with Crippen molar-refractivity contribution in [3.8, 4) is 5.75 Å². The van der Waals surface area contributed by atoms with E-state index >= 15 is 0 Å². The van der Waals surface area contributed by atoms with E-state index in [1.807, 2.05) is 24.3 Å². The Bertz CT molecular complexity index is 808. The largest absolute Gasteiger partial charge is 0.495 e. The Labute approximate surface area is 139 Å². The molecule has 2 N–H and O–H groups in total. The number of methoxy groups -OCH3 is 1. The molecule has 6 heteroatoms. The Kier molecular flexibility index (Phi) is 4.86. The van der Waals surface area contributed by atoms with E-state index in [0.717, 1.165) is 17.0 Å². The van der Waals surface area contributed by atoms with Gasteiger partial charge in [0.2, 0.25) is 0 Å². The maximum Gasteiger partial charge on any atom is 0.142 e. The number of benzene rings is 2. The van der Waals surface area contributed by atoms with Crippen LogP contribution >= 0.6 is 0 Å². The second-order valence-electron chi connectivity index (χ2n) is 5.09. The van der Waals surface area contributed by atoms with Gasteiger partial charge >= 0.3 is 0 Å². The number of nitrogens with zero attached hydrogens (tertiary/aromatic N) is 2. The van der Waals surface area contributed by atoms with Crippen molar-refractivity contribution in [2.45, 2.75) is 6.54 Å². The molecule has 0 aliphatic heterocycles. The lowest BCUT2D eigenvalue weighted by Gasteiger charge is -2.11. The van der Waals surface area contributed by atoms with E-state index in [0.29, 0.717) is 18.2 Å². The molecule has 1 aromatic heterocycles. The smallest absolute Gasteiger partial charge is 0.142 e. The number of rotatable bonds is 6. The first-order chi connectivity index (χ1) is 11.7. The van der Waals surface area contributed by atoms with E-state index < -0.39 is 0 Å². The van der Waals surface area contributed by atoms with Crippen molar-refractivity contribution in [1.82, 2.24) is 9.97 Å². The third kappa shape index (κ3) is 3.98. The molecule has 3 aromatic rings. The van der Waals surface area contributed by atoms with Gasteiger partial charge in [-0.05, 0) is 29.8 Å². The molecular formula is C18H17FN4O. The zero-order valence-electron chi connectivity index (χ0n) is 13.2. The van der Waals surface area contributed by atoms with Gasteiger partial charge in [-0.3, -0.25) is 0 Å². The highest BCUT2D eigenvalue weighted by molar-refractivity contribution is 5.65. The molecule has 0 spiro atoms. The number of ether oxygens (including phenoxy) is 1. The second kappa shape index (κ2) is 7.41. The van der Waals surface area contributed by atoms with Gasteiger partial charge in [-0.2, -0.15) is 0 Å². The van der Waals surface area contributed by atoms with Gasteiger partial charge in [0.1, 0.15) is 29.5 Å². The maximum absolute atomic E-state index is 12.9. The van der Waals surface area contributed by atoms with Gasteiger partial charge in [0.25, 0.3) is 0 Å². The molecule has 0 atom stereocenters. The monoisotopic (exact) mass is 324 g/mol. The molecule has 24 heavy (non-hydrogen) atoms. The molecule has 0 aliphatic carbocycles. The summed E-state index contributed by atoms with van der Waals surface area (Å²) in [5.41, 5.74) is 1.79.